The van der Waals surface area contributed by atoms with E-state index in [0.717, 1.165) is 25.1 Å². The van der Waals surface area contributed by atoms with Crippen molar-refractivity contribution in [1.29, 1.82) is 0 Å². The van der Waals surface area contributed by atoms with E-state index < -0.39 is 5.97 Å². The van der Waals surface area contributed by atoms with Gasteiger partial charge in [0.05, 0.1) is 5.56 Å². The van der Waals surface area contributed by atoms with Gasteiger partial charge in [0, 0.05) is 30.0 Å². The molecule has 0 amide bonds. The molecule has 1 aliphatic heterocycles. The van der Waals surface area contributed by atoms with Gasteiger partial charge in [0.15, 0.2) is 0 Å². The van der Waals surface area contributed by atoms with Crippen molar-refractivity contribution in [2.75, 3.05) is 24.6 Å². The monoisotopic (exact) mass is 263 g/mol. The summed E-state index contributed by atoms with van der Waals surface area (Å²) in [6.07, 6.45) is 2.17. The van der Waals surface area contributed by atoms with Crippen LogP contribution in [0.5, 0.6) is 0 Å². The first-order valence-corrected chi connectivity index (χ1v) is 6.57. The van der Waals surface area contributed by atoms with E-state index in [9.17, 15) is 4.79 Å². The highest BCUT2D eigenvalue weighted by Crippen LogP contribution is 2.23. The maximum Gasteiger partial charge on any atom is 0.337 e. The zero-order valence-corrected chi connectivity index (χ0v) is 11.4. The third-order valence-electron chi connectivity index (χ3n) is 3.86. The Morgan fingerprint density at radius 3 is 2.84 bits per heavy atom. The summed E-state index contributed by atoms with van der Waals surface area (Å²) >= 11 is 0. The number of nitrogens with zero attached hydrogens (tertiary/aromatic N) is 1. The number of hydrogen-bond donors (Lipinski definition) is 3. The number of carboxylic acid groups (broad SMARTS) is 1. The fraction of sp³-hybridized carbons (Fsp3) is 0.500. The number of aromatic carboxylic acids is 1. The van der Waals surface area contributed by atoms with E-state index in [0.29, 0.717) is 17.8 Å². The van der Waals surface area contributed by atoms with Crippen LogP contribution in [0.1, 0.15) is 30.1 Å². The number of rotatable bonds is 3. The quantitative estimate of drug-likeness (QED) is 0.725. The Morgan fingerprint density at radius 1 is 1.53 bits per heavy atom. The van der Waals surface area contributed by atoms with Gasteiger partial charge in [0.1, 0.15) is 0 Å². The van der Waals surface area contributed by atoms with E-state index in [1.54, 1.807) is 18.2 Å². The number of carboxylic acids is 1. The minimum atomic E-state index is -0.989. The van der Waals surface area contributed by atoms with Gasteiger partial charge in [-0.2, -0.15) is 0 Å². The standard InChI is InChI=1S/C14H21N3O2/c1-9-7-11(5-6-17(9)2)16-10-3-4-12(14(18)19)13(15)8-10/h3-4,8-9,11,16H,5-7,15H2,1-2H3,(H,18,19). The van der Waals surface area contributed by atoms with Gasteiger partial charge in [0.25, 0.3) is 0 Å². The first kappa shape index (κ1) is 13.7. The highest BCUT2D eigenvalue weighted by molar-refractivity contribution is 5.94. The molecule has 1 aromatic rings. The van der Waals surface area contributed by atoms with Crippen molar-refractivity contribution in [3.8, 4) is 0 Å². The van der Waals surface area contributed by atoms with Crippen LogP contribution in [0.4, 0.5) is 11.4 Å². The van der Waals surface area contributed by atoms with E-state index in [4.69, 9.17) is 10.8 Å². The summed E-state index contributed by atoms with van der Waals surface area (Å²) in [4.78, 5) is 13.2. The Hall–Kier alpha value is -1.75. The van der Waals surface area contributed by atoms with Gasteiger partial charge < -0.3 is 21.1 Å². The van der Waals surface area contributed by atoms with Gasteiger partial charge in [-0.15, -0.1) is 0 Å². The molecule has 1 aromatic carbocycles. The molecule has 104 valence electrons. The minimum Gasteiger partial charge on any atom is -0.478 e. The van der Waals surface area contributed by atoms with Crippen molar-refractivity contribution < 1.29 is 9.90 Å². The number of benzene rings is 1. The molecule has 2 unspecified atom stereocenters. The first-order chi connectivity index (χ1) is 8.97. The second-order valence-electron chi connectivity index (χ2n) is 5.30. The van der Waals surface area contributed by atoms with E-state index in [1.807, 2.05) is 0 Å². The topological polar surface area (TPSA) is 78.6 Å². The number of nitrogen functional groups attached to an aromatic ring is 1. The molecule has 0 radical (unpaired) electrons. The molecule has 1 fully saturated rings. The number of carbonyl (C=O) groups is 1. The third-order valence-corrected chi connectivity index (χ3v) is 3.86. The molecule has 0 spiro atoms. The average Bonchev–Trinajstić information content (AvgIpc) is 2.33. The molecule has 4 N–H and O–H groups in total. The zero-order valence-electron chi connectivity index (χ0n) is 11.4. The van der Waals surface area contributed by atoms with Gasteiger partial charge in [-0.3, -0.25) is 0 Å². The Morgan fingerprint density at radius 2 is 2.26 bits per heavy atom. The Kier molecular flexibility index (Phi) is 3.95. The summed E-state index contributed by atoms with van der Waals surface area (Å²) in [6, 6.07) is 6.01. The molecule has 0 aliphatic carbocycles. The fourth-order valence-corrected chi connectivity index (χ4v) is 2.50. The van der Waals surface area contributed by atoms with Gasteiger partial charge >= 0.3 is 5.97 Å². The van der Waals surface area contributed by atoms with Crippen molar-refractivity contribution >= 4 is 17.3 Å². The van der Waals surface area contributed by atoms with Crippen LogP contribution < -0.4 is 11.1 Å². The Labute approximate surface area is 113 Å². The molecule has 0 saturated carbocycles. The van der Waals surface area contributed by atoms with Crippen LogP contribution >= 0.6 is 0 Å². The summed E-state index contributed by atoms with van der Waals surface area (Å²) in [5.41, 5.74) is 7.10. The van der Waals surface area contributed by atoms with Gasteiger partial charge in [-0.25, -0.2) is 4.79 Å². The second-order valence-corrected chi connectivity index (χ2v) is 5.30. The van der Waals surface area contributed by atoms with Crippen molar-refractivity contribution in [3.05, 3.63) is 23.8 Å². The lowest BCUT2D eigenvalue weighted by molar-refractivity contribution is 0.0698. The number of nitrogens with one attached hydrogen (secondary N) is 1. The summed E-state index contributed by atoms with van der Waals surface area (Å²) in [5, 5.41) is 12.4. The maximum atomic E-state index is 10.9. The molecular formula is C14H21N3O2. The van der Waals surface area contributed by atoms with Crippen LogP contribution in [0.15, 0.2) is 18.2 Å². The van der Waals surface area contributed by atoms with Crippen molar-refractivity contribution in [2.24, 2.45) is 0 Å². The molecule has 5 nitrogen and oxygen atoms in total. The average molecular weight is 263 g/mol. The second kappa shape index (κ2) is 5.48. The summed E-state index contributed by atoms with van der Waals surface area (Å²) in [7, 11) is 2.14. The first-order valence-electron chi connectivity index (χ1n) is 6.57. The molecule has 1 saturated heterocycles. The van der Waals surface area contributed by atoms with E-state index >= 15 is 0 Å². The van der Waals surface area contributed by atoms with Crippen molar-refractivity contribution in [3.63, 3.8) is 0 Å². The SMILES string of the molecule is CC1CC(Nc2ccc(C(=O)O)c(N)c2)CCN1C. The van der Waals surface area contributed by atoms with Crippen LogP contribution in [-0.2, 0) is 0 Å². The predicted molar refractivity (Wildman–Crippen MR) is 76.6 cm³/mol. The fourth-order valence-electron chi connectivity index (χ4n) is 2.50. The van der Waals surface area contributed by atoms with Gasteiger partial charge in [-0.1, -0.05) is 0 Å². The number of hydrogen-bond acceptors (Lipinski definition) is 4. The molecule has 2 rings (SSSR count). The van der Waals surface area contributed by atoms with E-state index in [2.05, 4.69) is 24.2 Å². The zero-order chi connectivity index (χ0) is 14.0. The molecule has 1 heterocycles. The molecular weight excluding hydrogens is 242 g/mol. The Balaban J connectivity index is 2.04. The normalized spacial score (nSPS) is 24.1. The number of anilines is 2. The number of piperidine rings is 1. The Bertz CT molecular complexity index is 476. The van der Waals surface area contributed by atoms with E-state index in [-0.39, 0.29) is 5.56 Å². The molecule has 1 aliphatic rings. The van der Waals surface area contributed by atoms with Crippen LogP contribution in [0.3, 0.4) is 0 Å². The van der Waals surface area contributed by atoms with Crippen LogP contribution in [0.25, 0.3) is 0 Å². The van der Waals surface area contributed by atoms with Crippen molar-refractivity contribution in [2.45, 2.75) is 31.8 Å². The maximum absolute atomic E-state index is 10.9. The van der Waals surface area contributed by atoms with Crippen molar-refractivity contribution in [1.82, 2.24) is 4.90 Å². The lowest BCUT2D eigenvalue weighted by Gasteiger charge is -2.35. The van der Waals surface area contributed by atoms with Gasteiger partial charge in [-0.05, 0) is 45.0 Å². The molecule has 0 bridgehead atoms. The largest absolute Gasteiger partial charge is 0.478 e. The summed E-state index contributed by atoms with van der Waals surface area (Å²) < 4.78 is 0. The number of nitrogens with two attached hydrogens (primary N) is 1. The van der Waals surface area contributed by atoms with Crippen LogP contribution in [0, 0.1) is 0 Å². The lowest BCUT2D eigenvalue weighted by Crippen LogP contribution is -2.42. The molecule has 5 heteroatoms. The predicted octanol–water partition coefficient (Wildman–Crippen LogP) is 1.86. The number of likely N-dealkylation sites (tertiary alicyclic amines) is 1. The highest BCUT2D eigenvalue weighted by Gasteiger charge is 2.22. The minimum absolute atomic E-state index is 0.155. The van der Waals surface area contributed by atoms with E-state index in [1.165, 1.54) is 0 Å². The molecule has 2 atom stereocenters. The summed E-state index contributed by atoms with van der Waals surface area (Å²) in [5.74, 6) is -0.989. The van der Waals surface area contributed by atoms with Crippen LogP contribution in [0.2, 0.25) is 0 Å². The highest BCUT2D eigenvalue weighted by atomic mass is 16.4. The van der Waals surface area contributed by atoms with Crippen LogP contribution in [-0.4, -0.2) is 41.7 Å². The molecule has 0 aromatic heterocycles. The molecule has 19 heavy (non-hydrogen) atoms. The van der Waals surface area contributed by atoms with Gasteiger partial charge in [0.2, 0.25) is 0 Å². The third kappa shape index (κ3) is 3.17. The lowest BCUT2D eigenvalue weighted by atomic mass is 9.98. The summed E-state index contributed by atoms with van der Waals surface area (Å²) in [6.45, 7) is 3.29. The smallest absolute Gasteiger partial charge is 0.337 e.